The Morgan fingerprint density at radius 3 is 2.25 bits per heavy atom. The van der Waals surface area contributed by atoms with Crippen LogP contribution in [0.1, 0.15) is 33.1 Å². The molecule has 1 saturated carbocycles. The van der Waals surface area contributed by atoms with Crippen molar-refractivity contribution in [3.63, 3.8) is 0 Å². The van der Waals surface area contributed by atoms with Crippen LogP contribution in [0.25, 0.3) is 0 Å². The molecule has 2 nitrogen and oxygen atoms in total. The number of ether oxygens (including phenoxy) is 2. The maximum atomic E-state index is 5.64. The van der Waals surface area contributed by atoms with Gasteiger partial charge in [-0.3, -0.25) is 0 Å². The lowest BCUT2D eigenvalue weighted by Gasteiger charge is -2.30. The molecule has 1 heterocycles. The number of hydrogen-bond donors (Lipinski definition) is 0. The van der Waals surface area contributed by atoms with E-state index in [1.54, 1.807) is 0 Å². The highest BCUT2D eigenvalue weighted by molar-refractivity contribution is 4.94. The number of hydrogen-bond acceptors (Lipinski definition) is 2. The van der Waals surface area contributed by atoms with E-state index < -0.39 is 0 Å². The molecule has 1 aliphatic carbocycles. The molecule has 1 saturated heterocycles. The third kappa shape index (κ3) is 1.80. The van der Waals surface area contributed by atoms with Gasteiger partial charge >= 0.3 is 0 Å². The van der Waals surface area contributed by atoms with Gasteiger partial charge in [0, 0.05) is 11.8 Å². The van der Waals surface area contributed by atoms with Crippen LogP contribution in [0, 0.1) is 11.3 Å². The van der Waals surface area contributed by atoms with E-state index in [1.807, 2.05) is 0 Å². The van der Waals surface area contributed by atoms with Crippen LogP contribution in [0.5, 0.6) is 0 Å². The topological polar surface area (TPSA) is 18.5 Å². The van der Waals surface area contributed by atoms with Gasteiger partial charge in [-0.1, -0.05) is 13.8 Å². The second kappa shape index (κ2) is 3.00. The lowest BCUT2D eigenvalue weighted by molar-refractivity contribution is -0.213. The van der Waals surface area contributed by atoms with Crippen molar-refractivity contribution in [2.24, 2.45) is 11.3 Å². The molecule has 1 spiro atoms. The first-order chi connectivity index (χ1) is 5.70. The van der Waals surface area contributed by atoms with Gasteiger partial charge in [-0.2, -0.15) is 0 Å². The van der Waals surface area contributed by atoms with E-state index in [-0.39, 0.29) is 6.29 Å². The molecule has 2 aliphatic rings. The van der Waals surface area contributed by atoms with Gasteiger partial charge < -0.3 is 9.47 Å². The molecule has 0 N–H and O–H groups in total. The Labute approximate surface area is 74.2 Å². The summed E-state index contributed by atoms with van der Waals surface area (Å²) in [5, 5.41) is 0. The minimum atomic E-state index is 0.0798. The summed E-state index contributed by atoms with van der Waals surface area (Å²) in [6, 6.07) is 0. The largest absolute Gasteiger partial charge is 0.352 e. The SMILES string of the molecule is CC(C)CC1OCC2(CC2)CO1. The van der Waals surface area contributed by atoms with Crippen molar-refractivity contribution >= 4 is 0 Å². The third-order valence-electron chi connectivity index (χ3n) is 2.77. The fraction of sp³-hybridized carbons (Fsp3) is 1.00. The Morgan fingerprint density at radius 1 is 1.25 bits per heavy atom. The molecule has 2 fully saturated rings. The molecule has 70 valence electrons. The van der Waals surface area contributed by atoms with Crippen LogP contribution >= 0.6 is 0 Å². The predicted octanol–water partition coefficient (Wildman–Crippen LogP) is 2.19. The van der Waals surface area contributed by atoms with Gasteiger partial charge in [0.05, 0.1) is 13.2 Å². The first kappa shape index (κ1) is 8.52. The maximum Gasteiger partial charge on any atom is 0.157 e. The monoisotopic (exact) mass is 170 g/mol. The van der Waals surface area contributed by atoms with Crippen molar-refractivity contribution in [2.75, 3.05) is 13.2 Å². The van der Waals surface area contributed by atoms with Gasteiger partial charge in [-0.25, -0.2) is 0 Å². The van der Waals surface area contributed by atoms with E-state index >= 15 is 0 Å². The van der Waals surface area contributed by atoms with Gasteiger partial charge in [0.15, 0.2) is 6.29 Å². The van der Waals surface area contributed by atoms with Crippen LogP contribution in [-0.4, -0.2) is 19.5 Å². The summed E-state index contributed by atoms with van der Waals surface area (Å²) in [5.41, 5.74) is 0.452. The average Bonchev–Trinajstić information content (AvgIpc) is 2.75. The fourth-order valence-corrected chi connectivity index (χ4v) is 1.62. The van der Waals surface area contributed by atoms with E-state index in [0.29, 0.717) is 11.3 Å². The first-order valence-electron chi connectivity index (χ1n) is 4.93. The van der Waals surface area contributed by atoms with Gasteiger partial charge in [0.2, 0.25) is 0 Å². The summed E-state index contributed by atoms with van der Waals surface area (Å²) in [6.07, 6.45) is 3.73. The highest BCUT2D eigenvalue weighted by Gasteiger charge is 2.46. The average molecular weight is 170 g/mol. The van der Waals surface area contributed by atoms with E-state index in [9.17, 15) is 0 Å². The van der Waals surface area contributed by atoms with Crippen molar-refractivity contribution in [3.8, 4) is 0 Å². The Bertz CT molecular complexity index is 151. The Kier molecular flexibility index (Phi) is 2.13. The Morgan fingerprint density at radius 2 is 1.83 bits per heavy atom. The molecule has 0 aromatic heterocycles. The third-order valence-corrected chi connectivity index (χ3v) is 2.77. The van der Waals surface area contributed by atoms with Gasteiger partial charge in [-0.05, 0) is 18.8 Å². The summed E-state index contributed by atoms with van der Waals surface area (Å²) >= 11 is 0. The van der Waals surface area contributed by atoms with E-state index in [2.05, 4.69) is 13.8 Å². The summed E-state index contributed by atoms with van der Waals surface area (Å²) in [6.45, 7) is 6.28. The summed E-state index contributed by atoms with van der Waals surface area (Å²) in [4.78, 5) is 0. The van der Waals surface area contributed by atoms with Crippen molar-refractivity contribution in [2.45, 2.75) is 39.4 Å². The van der Waals surface area contributed by atoms with Crippen LogP contribution in [0.2, 0.25) is 0 Å². The van der Waals surface area contributed by atoms with Crippen molar-refractivity contribution in [1.29, 1.82) is 0 Å². The van der Waals surface area contributed by atoms with Gasteiger partial charge in [0.25, 0.3) is 0 Å². The molecule has 12 heavy (non-hydrogen) atoms. The molecule has 0 atom stereocenters. The lowest BCUT2D eigenvalue weighted by atomic mass is 10.1. The molecule has 2 heteroatoms. The zero-order valence-corrected chi connectivity index (χ0v) is 8.01. The summed E-state index contributed by atoms with van der Waals surface area (Å²) < 4.78 is 11.3. The normalized spacial score (nSPS) is 28.2. The zero-order valence-electron chi connectivity index (χ0n) is 8.01. The van der Waals surface area contributed by atoms with Crippen LogP contribution in [-0.2, 0) is 9.47 Å². The van der Waals surface area contributed by atoms with Crippen LogP contribution in [0.4, 0.5) is 0 Å². The van der Waals surface area contributed by atoms with Crippen LogP contribution in [0.3, 0.4) is 0 Å². The van der Waals surface area contributed by atoms with Crippen LogP contribution < -0.4 is 0 Å². The maximum absolute atomic E-state index is 5.64. The second-order valence-electron chi connectivity index (χ2n) is 4.68. The first-order valence-corrected chi connectivity index (χ1v) is 4.93. The van der Waals surface area contributed by atoms with Gasteiger partial charge in [0.1, 0.15) is 0 Å². The van der Waals surface area contributed by atoms with Gasteiger partial charge in [-0.15, -0.1) is 0 Å². The summed E-state index contributed by atoms with van der Waals surface area (Å²) in [5.74, 6) is 0.670. The van der Waals surface area contributed by atoms with Crippen molar-refractivity contribution < 1.29 is 9.47 Å². The zero-order chi connectivity index (χ0) is 8.60. The van der Waals surface area contributed by atoms with Crippen molar-refractivity contribution in [1.82, 2.24) is 0 Å². The lowest BCUT2D eigenvalue weighted by Crippen LogP contribution is -2.33. The minimum absolute atomic E-state index is 0.0798. The molecule has 0 amide bonds. The molecule has 2 rings (SSSR count). The molecule has 0 radical (unpaired) electrons. The number of rotatable bonds is 2. The fourth-order valence-electron chi connectivity index (χ4n) is 1.62. The Hall–Kier alpha value is -0.0800. The smallest absolute Gasteiger partial charge is 0.157 e. The highest BCUT2D eigenvalue weighted by Crippen LogP contribution is 2.48. The Balaban J connectivity index is 1.74. The molecular weight excluding hydrogens is 152 g/mol. The highest BCUT2D eigenvalue weighted by atomic mass is 16.7. The quantitative estimate of drug-likeness (QED) is 0.632. The molecule has 0 unspecified atom stereocenters. The van der Waals surface area contributed by atoms with Crippen molar-refractivity contribution in [3.05, 3.63) is 0 Å². The van der Waals surface area contributed by atoms with E-state index in [4.69, 9.17) is 9.47 Å². The molecule has 0 bridgehead atoms. The standard InChI is InChI=1S/C10H18O2/c1-8(2)5-9-11-6-10(3-4-10)7-12-9/h8-9H,3-7H2,1-2H3. The predicted molar refractivity (Wildman–Crippen MR) is 46.8 cm³/mol. The molecular formula is C10H18O2. The molecule has 1 aliphatic heterocycles. The second-order valence-corrected chi connectivity index (χ2v) is 4.68. The summed E-state index contributed by atoms with van der Waals surface area (Å²) in [7, 11) is 0. The minimum Gasteiger partial charge on any atom is -0.352 e. The van der Waals surface area contributed by atoms with E-state index in [1.165, 1.54) is 12.8 Å². The van der Waals surface area contributed by atoms with E-state index in [0.717, 1.165) is 19.6 Å². The molecule has 0 aromatic rings. The molecule has 0 aromatic carbocycles. The van der Waals surface area contributed by atoms with Crippen LogP contribution in [0.15, 0.2) is 0 Å².